The molecule has 8 heteroatoms. The summed E-state index contributed by atoms with van der Waals surface area (Å²) in [6, 6.07) is 6.22. The summed E-state index contributed by atoms with van der Waals surface area (Å²) in [6.07, 6.45) is -0.206. The first-order valence-corrected chi connectivity index (χ1v) is 9.00. The van der Waals surface area contributed by atoms with Gasteiger partial charge in [0.2, 0.25) is 5.91 Å². The minimum absolute atomic E-state index is 0.0539. The van der Waals surface area contributed by atoms with Crippen LogP contribution in [0.3, 0.4) is 0 Å². The Morgan fingerprint density at radius 1 is 1.43 bits per heavy atom. The number of ether oxygens (including phenoxy) is 1. The molecule has 1 saturated heterocycles. The molecule has 2 aromatic rings. The van der Waals surface area contributed by atoms with Crippen LogP contribution in [0.1, 0.15) is 16.7 Å². The molecule has 0 saturated carbocycles. The number of thioether (sulfide) groups is 1. The third kappa shape index (κ3) is 4.27. The first kappa shape index (κ1) is 16.4. The Bertz CT molecular complexity index is 678. The molecular formula is C15H16FN3O2S2. The zero-order valence-electron chi connectivity index (χ0n) is 12.6. The second-order valence-electron chi connectivity index (χ2n) is 5.13. The van der Waals surface area contributed by atoms with Crippen molar-refractivity contribution in [3.05, 3.63) is 40.7 Å². The van der Waals surface area contributed by atoms with Crippen LogP contribution in [0.2, 0.25) is 0 Å². The van der Waals surface area contributed by atoms with Crippen LogP contribution in [0.25, 0.3) is 0 Å². The van der Waals surface area contributed by atoms with Crippen molar-refractivity contribution in [1.82, 2.24) is 15.1 Å². The minimum atomic E-state index is -0.277. The smallest absolute Gasteiger partial charge is 0.233 e. The van der Waals surface area contributed by atoms with Crippen molar-refractivity contribution in [2.75, 3.05) is 25.4 Å². The maximum Gasteiger partial charge on any atom is 0.233 e. The van der Waals surface area contributed by atoms with Crippen LogP contribution in [0.4, 0.5) is 4.39 Å². The summed E-state index contributed by atoms with van der Waals surface area (Å²) in [4.78, 5) is 14.1. The lowest BCUT2D eigenvalue weighted by atomic mass is 10.1. The normalized spacial score (nSPS) is 18.2. The zero-order valence-corrected chi connectivity index (χ0v) is 14.2. The SMILES string of the molecule is Cc1nnc(SCC(=O)N2CCO[C@H](c3ccc(F)cc3)C2)s1. The second-order valence-corrected chi connectivity index (χ2v) is 7.53. The predicted octanol–water partition coefficient (Wildman–Crippen LogP) is 2.68. The lowest BCUT2D eigenvalue weighted by Gasteiger charge is -2.33. The summed E-state index contributed by atoms with van der Waals surface area (Å²) in [5.74, 6) is 0.115. The van der Waals surface area contributed by atoms with Crippen LogP contribution in [-0.4, -0.2) is 46.5 Å². The van der Waals surface area contributed by atoms with Gasteiger partial charge in [-0.3, -0.25) is 4.79 Å². The fraction of sp³-hybridized carbons (Fsp3) is 0.400. The average molecular weight is 353 g/mol. The van der Waals surface area contributed by atoms with Crippen molar-refractivity contribution < 1.29 is 13.9 Å². The quantitative estimate of drug-likeness (QED) is 0.791. The molecule has 0 bridgehead atoms. The summed E-state index contributed by atoms with van der Waals surface area (Å²) in [5.41, 5.74) is 0.885. The topological polar surface area (TPSA) is 55.3 Å². The number of aromatic nitrogens is 2. The van der Waals surface area contributed by atoms with Gasteiger partial charge in [0.1, 0.15) is 16.9 Å². The second kappa shape index (κ2) is 7.37. The van der Waals surface area contributed by atoms with E-state index < -0.39 is 0 Å². The number of hydrogen-bond donors (Lipinski definition) is 0. The number of carbonyl (C=O) groups is 1. The van der Waals surface area contributed by atoms with E-state index in [-0.39, 0.29) is 17.8 Å². The van der Waals surface area contributed by atoms with Crippen LogP contribution in [0.15, 0.2) is 28.6 Å². The number of halogens is 1. The third-order valence-electron chi connectivity index (χ3n) is 3.49. The van der Waals surface area contributed by atoms with Crippen molar-refractivity contribution in [3.8, 4) is 0 Å². The largest absolute Gasteiger partial charge is 0.370 e. The number of amides is 1. The number of hydrogen-bond acceptors (Lipinski definition) is 6. The van der Waals surface area contributed by atoms with Gasteiger partial charge in [0.25, 0.3) is 0 Å². The number of carbonyl (C=O) groups excluding carboxylic acids is 1. The molecule has 3 rings (SSSR count). The molecule has 0 radical (unpaired) electrons. The highest BCUT2D eigenvalue weighted by Crippen LogP contribution is 2.25. The van der Waals surface area contributed by atoms with Crippen molar-refractivity contribution in [3.63, 3.8) is 0 Å². The van der Waals surface area contributed by atoms with E-state index >= 15 is 0 Å². The molecule has 0 spiro atoms. The van der Waals surface area contributed by atoms with E-state index in [2.05, 4.69) is 10.2 Å². The summed E-state index contributed by atoms with van der Waals surface area (Å²) in [6.45, 7) is 3.43. The van der Waals surface area contributed by atoms with Gasteiger partial charge in [-0.2, -0.15) is 0 Å². The molecule has 122 valence electrons. The Hall–Kier alpha value is -1.51. The summed E-state index contributed by atoms with van der Waals surface area (Å²) in [7, 11) is 0. The van der Waals surface area contributed by atoms with Crippen LogP contribution in [-0.2, 0) is 9.53 Å². The molecule has 0 aliphatic carbocycles. The third-order valence-corrected chi connectivity index (χ3v) is 5.44. The van der Waals surface area contributed by atoms with Gasteiger partial charge in [-0.15, -0.1) is 10.2 Å². The van der Waals surface area contributed by atoms with E-state index in [1.807, 2.05) is 6.92 Å². The van der Waals surface area contributed by atoms with E-state index in [0.717, 1.165) is 14.9 Å². The molecule has 1 aliphatic rings. The molecule has 1 atom stereocenters. The molecular weight excluding hydrogens is 337 g/mol. The molecule has 1 fully saturated rings. The zero-order chi connectivity index (χ0) is 16.2. The van der Waals surface area contributed by atoms with Crippen LogP contribution in [0, 0.1) is 12.7 Å². The van der Waals surface area contributed by atoms with Gasteiger partial charge in [-0.05, 0) is 24.6 Å². The summed E-state index contributed by atoms with van der Waals surface area (Å²) < 4.78 is 19.5. The molecule has 0 N–H and O–H groups in total. The van der Waals surface area contributed by atoms with Crippen molar-refractivity contribution >= 4 is 29.0 Å². The van der Waals surface area contributed by atoms with Crippen LogP contribution >= 0.6 is 23.1 Å². The van der Waals surface area contributed by atoms with E-state index in [0.29, 0.717) is 25.4 Å². The van der Waals surface area contributed by atoms with Gasteiger partial charge in [-0.1, -0.05) is 35.2 Å². The monoisotopic (exact) mass is 353 g/mol. The highest BCUT2D eigenvalue weighted by atomic mass is 32.2. The van der Waals surface area contributed by atoms with Crippen molar-refractivity contribution in [2.45, 2.75) is 17.4 Å². The molecule has 1 aromatic heterocycles. The summed E-state index contributed by atoms with van der Waals surface area (Å²) >= 11 is 2.89. The van der Waals surface area contributed by atoms with Gasteiger partial charge in [0.15, 0.2) is 4.34 Å². The lowest BCUT2D eigenvalue weighted by Crippen LogP contribution is -2.43. The predicted molar refractivity (Wildman–Crippen MR) is 87.0 cm³/mol. The highest BCUT2D eigenvalue weighted by molar-refractivity contribution is 8.01. The number of nitrogens with zero attached hydrogens (tertiary/aromatic N) is 3. The van der Waals surface area contributed by atoms with Gasteiger partial charge < -0.3 is 9.64 Å². The molecule has 1 aromatic carbocycles. The standard InChI is InChI=1S/C15H16FN3O2S2/c1-10-17-18-15(23-10)22-9-14(20)19-6-7-21-13(8-19)11-2-4-12(16)5-3-11/h2-5,13H,6-9H2,1H3/t13-/m0/s1. The first-order valence-electron chi connectivity index (χ1n) is 7.19. The van der Waals surface area contributed by atoms with Gasteiger partial charge in [0, 0.05) is 6.54 Å². The van der Waals surface area contributed by atoms with E-state index in [9.17, 15) is 9.18 Å². The summed E-state index contributed by atoms with van der Waals surface area (Å²) in [5, 5.41) is 8.83. The van der Waals surface area contributed by atoms with E-state index in [1.165, 1.54) is 35.2 Å². The lowest BCUT2D eigenvalue weighted by molar-refractivity contribution is -0.136. The Morgan fingerprint density at radius 3 is 2.91 bits per heavy atom. The first-order chi connectivity index (χ1) is 11.1. The van der Waals surface area contributed by atoms with Crippen molar-refractivity contribution in [2.24, 2.45) is 0 Å². The Labute approximate surface area is 141 Å². The average Bonchev–Trinajstić information content (AvgIpc) is 2.99. The minimum Gasteiger partial charge on any atom is -0.370 e. The molecule has 5 nitrogen and oxygen atoms in total. The molecule has 1 aliphatic heterocycles. The number of morpholine rings is 1. The molecule has 1 amide bonds. The Kier molecular flexibility index (Phi) is 5.24. The Morgan fingerprint density at radius 2 is 2.22 bits per heavy atom. The highest BCUT2D eigenvalue weighted by Gasteiger charge is 2.25. The maximum absolute atomic E-state index is 13.0. The van der Waals surface area contributed by atoms with Crippen LogP contribution in [0.5, 0.6) is 0 Å². The van der Waals surface area contributed by atoms with Gasteiger partial charge >= 0.3 is 0 Å². The van der Waals surface area contributed by atoms with Crippen molar-refractivity contribution in [1.29, 1.82) is 0 Å². The fourth-order valence-corrected chi connectivity index (χ4v) is 4.02. The number of benzene rings is 1. The van der Waals surface area contributed by atoms with E-state index in [4.69, 9.17) is 4.74 Å². The van der Waals surface area contributed by atoms with E-state index in [1.54, 1.807) is 17.0 Å². The molecule has 2 heterocycles. The maximum atomic E-state index is 13.0. The fourth-order valence-electron chi connectivity index (χ4n) is 2.31. The van der Waals surface area contributed by atoms with Gasteiger partial charge in [0.05, 0.1) is 18.9 Å². The number of rotatable bonds is 4. The Balaban J connectivity index is 1.57. The molecule has 23 heavy (non-hydrogen) atoms. The van der Waals surface area contributed by atoms with Gasteiger partial charge in [-0.25, -0.2) is 4.39 Å². The molecule has 0 unspecified atom stereocenters. The van der Waals surface area contributed by atoms with Crippen LogP contribution < -0.4 is 0 Å². The number of aryl methyl sites for hydroxylation is 1.